The number of carbonyl (C=O) groups is 2. The first-order valence-electron chi connectivity index (χ1n) is 8.19. The highest BCUT2D eigenvalue weighted by molar-refractivity contribution is 6.04. The summed E-state index contributed by atoms with van der Waals surface area (Å²) in [4.78, 5) is 37.2. The molecule has 3 rings (SSSR count). The molecule has 1 aromatic heterocycles. The molecule has 0 radical (unpaired) electrons. The van der Waals surface area contributed by atoms with Crippen LogP contribution in [0.5, 0.6) is 5.75 Å². The summed E-state index contributed by atoms with van der Waals surface area (Å²) < 4.78 is 11.0. The Morgan fingerprint density at radius 2 is 1.67 bits per heavy atom. The van der Waals surface area contributed by atoms with Gasteiger partial charge in [-0.15, -0.1) is 0 Å². The zero-order valence-electron chi connectivity index (χ0n) is 14.9. The van der Waals surface area contributed by atoms with E-state index in [9.17, 15) is 14.4 Å². The van der Waals surface area contributed by atoms with Crippen LogP contribution < -0.4 is 15.7 Å². The van der Waals surface area contributed by atoms with Crippen LogP contribution in [0.1, 0.15) is 15.9 Å². The SMILES string of the molecule is COC(=O)c1cn(NC(=O)Cc2ccccc2OC)c(=O)c2ccccc12. The zero-order valence-corrected chi connectivity index (χ0v) is 14.9. The van der Waals surface area contributed by atoms with Gasteiger partial charge >= 0.3 is 5.97 Å². The predicted octanol–water partition coefficient (Wildman–Crippen LogP) is 2.11. The summed E-state index contributed by atoms with van der Waals surface area (Å²) in [6.07, 6.45) is 1.29. The fraction of sp³-hybridized carbons (Fsp3) is 0.150. The standard InChI is InChI=1S/C20H18N2O5/c1-26-17-10-6-3-7-13(17)11-18(23)21-22-12-16(20(25)27-2)14-8-4-5-9-15(14)19(22)24/h3-10,12H,11H2,1-2H3,(H,21,23). The summed E-state index contributed by atoms with van der Waals surface area (Å²) in [6.45, 7) is 0. The van der Waals surface area contributed by atoms with Gasteiger partial charge in [0.2, 0.25) is 5.91 Å². The van der Waals surface area contributed by atoms with E-state index in [2.05, 4.69) is 5.43 Å². The number of carbonyl (C=O) groups excluding carboxylic acids is 2. The number of pyridine rings is 1. The molecule has 7 nitrogen and oxygen atoms in total. The van der Waals surface area contributed by atoms with Gasteiger partial charge in [0.1, 0.15) is 5.75 Å². The van der Waals surface area contributed by atoms with Gasteiger partial charge in [-0.2, -0.15) is 0 Å². The Balaban J connectivity index is 1.97. The van der Waals surface area contributed by atoms with Crippen LogP contribution in [0.4, 0.5) is 0 Å². The second-order valence-electron chi connectivity index (χ2n) is 5.78. The molecule has 0 saturated heterocycles. The van der Waals surface area contributed by atoms with E-state index in [0.717, 1.165) is 4.68 Å². The molecule has 0 spiro atoms. The van der Waals surface area contributed by atoms with Crippen molar-refractivity contribution in [3.63, 3.8) is 0 Å². The Morgan fingerprint density at radius 3 is 2.37 bits per heavy atom. The van der Waals surface area contributed by atoms with Crippen molar-refractivity contribution in [3.8, 4) is 5.75 Å². The maximum absolute atomic E-state index is 12.7. The average Bonchev–Trinajstić information content (AvgIpc) is 2.70. The number of methoxy groups -OCH3 is 2. The summed E-state index contributed by atoms with van der Waals surface area (Å²) >= 11 is 0. The lowest BCUT2D eigenvalue weighted by atomic mass is 10.1. The fourth-order valence-electron chi connectivity index (χ4n) is 2.84. The Kier molecular flexibility index (Phi) is 5.21. The number of para-hydroxylation sites is 1. The molecule has 3 aromatic rings. The third kappa shape index (κ3) is 3.67. The number of nitrogens with zero attached hydrogens (tertiary/aromatic N) is 1. The molecule has 27 heavy (non-hydrogen) atoms. The molecule has 0 aliphatic rings. The van der Waals surface area contributed by atoms with Crippen LogP contribution in [0.15, 0.2) is 59.5 Å². The lowest BCUT2D eigenvalue weighted by Crippen LogP contribution is -2.34. The Bertz CT molecular complexity index is 1070. The molecule has 1 amide bonds. The third-order valence-electron chi connectivity index (χ3n) is 4.12. The molecule has 0 aliphatic heterocycles. The molecule has 7 heteroatoms. The minimum absolute atomic E-state index is 0.0108. The fourth-order valence-corrected chi connectivity index (χ4v) is 2.84. The first kappa shape index (κ1) is 18.2. The van der Waals surface area contributed by atoms with Crippen LogP contribution in [0.25, 0.3) is 10.8 Å². The number of hydrogen-bond acceptors (Lipinski definition) is 5. The van der Waals surface area contributed by atoms with Gasteiger partial charge in [-0.25, -0.2) is 9.47 Å². The molecule has 1 heterocycles. The van der Waals surface area contributed by atoms with E-state index in [-0.39, 0.29) is 12.0 Å². The van der Waals surface area contributed by atoms with Crippen molar-refractivity contribution in [3.05, 3.63) is 76.2 Å². The van der Waals surface area contributed by atoms with Gasteiger partial charge < -0.3 is 9.47 Å². The van der Waals surface area contributed by atoms with Gasteiger partial charge in [-0.1, -0.05) is 36.4 Å². The molecule has 0 aliphatic carbocycles. The molecule has 1 N–H and O–H groups in total. The van der Waals surface area contributed by atoms with E-state index in [0.29, 0.717) is 22.1 Å². The first-order chi connectivity index (χ1) is 13.0. The number of benzene rings is 2. The number of amides is 1. The Hall–Kier alpha value is -3.61. The van der Waals surface area contributed by atoms with Gasteiger partial charge in [-0.3, -0.25) is 15.0 Å². The normalized spacial score (nSPS) is 10.4. The van der Waals surface area contributed by atoms with E-state index < -0.39 is 17.4 Å². The van der Waals surface area contributed by atoms with Crippen molar-refractivity contribution in [2.24, 2.45) is 0 Å². The lowest BCUT2D eigenvalue weighted by molar-refractivity contribution is -0.116. The van der Waals surface area contributed by atoms with E-state index in [1.165, 1.54) is 20.4 Å². The van der Waals surface area contributed by atoms with Gasteiger partial charge in [0.05, 0.1) is 26.2 Å². The third-order valence-corrected chi connectivity index (χ3v) is 4.12. The maximum Gasteiger partial charge on any atom is 0.340 e. The Labute approximate surface area is 155 Å². The van der Waals surface area contributed by atoms with Crippen LogP contribution in [0.3, 0.4) is 0 Å². The van der Waals surface area contributed by atoms with E-state index in [1.807, 2.05) is 0 Å². The molecule has 0 unspecified atom stereocenters. The monoisotopic (exact) mass is 366 g/mol. The summed E-state index contributed by atoms with van der Waals surface area (Å²) in [5.74, 6) is -0.444. The van der Waals surface area contributed by atoms with Gasteiger partial charge in [0, 0.05) is 22.5 Å². The largest absolute Gasteiger partial charge is 0.496 e. The minimum Gasteiger partial charge on any atom is -0.496 e. The second kappa shape index (κ2) is 7.74. The van der Waals surface area contributed by atoms with Crippen molar-refractivity contribution >= 4 is 22.6 Å². The number of ether oxygens (including phenoxy) is 2. The van der Waals surface area contributed by atoms with E-state index >= 15 is 0 Å². The first-order valence-corrected chi connectivity index (χ1v) is 8.19. The quantitative estimate of drug-likeness (QED) is 0.699. The average molecular weight is 366 g/mol. The molecule has 138 valence electrons. The summed E-state index contributed by atoms with van der Waals surface area (Å²) in [6, 6.07) is 13.8. The van der Waals surface area contributed by atoms with E-state index in [1.54, 1.807) is 48.5 Å². The number of esters is 1. The van der Waals surface area contributed by atoms with Crippen molar-refractivity contribution < 1.29 is 19.1 Å². The van der Waals surface area contributed by atoms with Crippen LogP contribution in [-0.2, 0) is 16.0 Å². The number of hydrogen-bond donors (Lipinski definition) is 1. The minimum atomic E-state index is -0.598. The number of nitrogens with one attached hydrogen (secondary N) is 1. The molecule has 2 aromatic carbocycles. The van der Waals surface area contributed by atoms with Crippen molar-refractivity contribution in [1.29, 1.82) is 0 Å². The van der Waals surface area contributed by atoms with Crippen LogP contribution in [0, 0.1) is 0 Å². The van der Waals surface area contributed by atoms with Crippen molar-refractivity contribution in [2.75, 3.05) is 19.6 Å². The number of fused-ring (bicyclic) bond motifs is 1. The Morgan fingerprint density at radius 1 is 1.00 bits per heavy atom. The smallest absolute Gasteiger partial charge is 0.340 e. The summed E-state index contributed by atoms with van der Waals surface area (Å²) in [7, 11) is 2.78. The molecule has 0 fully saturated rings. The topological polar surface area (TPSA) is 86.6 Å². The zero-order chi connectivity index (χ0) is 19.4. The van der Waals surface area contributed by atoms with E-state index in [4.69, 9.17) is 9.47 Å². The van der Waals surface area contributed by atoms with Crippen LogP contribution in [-0.4, -0.2) is 30.8 Å². The summed E-state index contributed by atoms with van der Waals surface area (Å²) in [5.41, 5.74) is 2.95. The molecular formula is C20H18N2O5. The molecule has 0 atom stereocenters. The van der Waals surface area contributed by atoms with Crippen LogP contribution in [0.2, 0.25) is 0 Å². The lowest BCUT2D eigenvalue weighted by Gasteiger charge is -2.13. The number of rotatable bonds is 5. The van der Waals surface area contributed by atoms with Crippen LogP contribution >= 0.6 is 0 Å². The maximum atomic E-state index is 12.7. The van der Waals surface area contributed by atoms with Gasteiger partial charge in [0.25, 0.3) is 5.56 Å². The van der Waals surface area contributed by atoms with Gasteiger partial charge in [0.15, 0.2) is 0 Å². The summed E-state index contributed by atoms with van der Waals surface area (Å²) in [5, 5.41) is 0.766. The highest BCUT2D eigenvalue weighted by Gasteiger charge is 2.16. The second-order valence-corrected chi connectivity index (χ2v) is 5.78. The molecular weight excluding hydrogens is 348 g/mol. The molecule has 0 bridgehead atoms. The van der Waals surface area contributed by atoms with Crippen molar-refractivity contribution in [1.82, 2.24) is 4.68 Å². The predicted molar refractivity (Wildman–Crippen MR) is 101 cm³/mol. The highest BCUT2D eigenvalue weighted by atomic mass is 16.5. The molecule has 0 saturated carbocycles. The highest BCUT2D eigenvalue weighted by Crippen LogP contribution is 2.18. The number of aromatic nitrogens is 1. The van der Waals surface area contributed by atoms with Crippen molar-refractivity contribution in [2.45, 2.75) is 6.42 Å². The van der Waals surface area contributed by atoms with Gasteiger partial charge in [-0.05, 0) is 12.1 Å².